The Morgan fingerprint density at radius 2 is 2.19 bits per heavy atom. The monoisotopic (exact) mass is 312 g/mol. The molecule has 21 heavy (non-hydrogen) atoms. The zero-order chi connectivity index (χ0) is 15.3. The third-order valence-corrected chi connectivity index (χ3v) is 4.90. The lowest BCUT2D eigenvalue weighted by Gasteiger charge is -2.36. The van der Waals surface area contributed by atoms with Crippen LogP contribution in [0.4, 0.5) is 0 Å². The second kappa shape index (κ2) is 7.26. The van der Waals surface area contributed by atoms with E-state index in [9.17, 15) is 9.90 Å². The molecule has 0 aromatic carbocycles. The number of aliphatic hydroxyl groups excluding tert-OH is 1. The normalized spacial score (nSPS) is 17.9. The number of thioether (sulfide) groups is 1. The Balaban J connectivity index is 1.88. The molecule has 1 heterocycles. The molecule has 1 aliphatic carbocycles. The van der Waals surface area contributed by atoms with Crippen LogP contribution in [-0.2, 0) is 4.79 Å². The summed E-state index contributed by atoms with van der Waals surface area (Å²) in [4.78, 5) is 12.2. The number of amides is 1. The lowest BCUT2D eigenvalue weighted by atomic mass is 9.82. The van der Waals surface area contributed by atoms with E-state index in [0.29, 0.717) is 5.75 Å². The van der Waals surface area contributed by atoms with E-state index in [1.807, 2.05) is 4.57 Å². The maximum atomic E-state index is 12.2. The number of hydrogen-bond donors (Lipinski definition) is 2. The number of rotatable bonds is 6. The van der Waals surface area contributed by atoms with Gasteiger partial charge >= 0.3 is 0 Å². The van der Waals surface area contributed by atoms with Crippen LogP contribution in [0.5, 0.6) is 0 Å². The molecule has 0 aliphatic heterocycles. The number of aromatic nitrogens is 3. The summed E-state index contributed by atoms with van der Waals surface area (Å²) in [5.41, 5.74) is -0.415. The first-order chi connectivity index (χ1) is 10.1. The fraction of sp³-hybridized carbons (Fsp3) is 0.786. The van der Waals surface area contributed by atoms with Gasteiger partial charge in [-0.1, -0.05) is 31.0 Å². The fourth-order valence-electron chi connectivity index (χ4n) is 2.70. The van der Waals surface area contributed by atoms with Crippen LogP contribution in [0.15, 0.2) is 11.5 Å². The predicted molar refractivity (Wildman–Crippen MR) is 82.2 cm³/mol. The predicted octanol–water partition coefficient (Wildman–Crippen LogP) is 1.76. The van der Waals surface area contributed by atoms with Gasteiger partial charge in [-0.3, -0.25) is 4.79 Å². The second-order valence-corrected chi connectivity index (χ2v) is 6.89. The molecule has 118 valence electrons. The molecule has 6 nitrogen and oxygen atoms in total. The fourth-order valence-corrected chi connectivity index (χ4v) is 3.55. The summed E-state index contributed by atoms with van der Waals surface area (Å²) in [5.74, 6) is 0.252. The standard InChI is InChI=1S/C14H24N4O2S/c1-11(2)18-10-15-17-13(18)21-8-12(20)16-14(9-19)6-4-3-5-7-14/h10-11,19H,3-9H2,1-2H3,(H,16,20). The van der Waals surface area contributed by atoms with Gasteiger partial charge in [0.2, 0.25) is 5.91 Å². The summed E-state index contributed by atoms with van der Waals surface area (Å²) in [6, 6.07) is 0.271. The molecule has 0 spiro atoms. The number of aliphatic hydroxyl groups is 1. The van der Waals surface area contributed by atoms with E-state index < -0.39 is 5.54 Å². The first kappa shape index (κ1) is 16.3. The smallest absolute Gasteiger partial charge is 0.230 e. The summed E-state index contributed by atoms with van der Waals surface area (Å²) in [6.45, 7) is 4.12. The highest BCUT2D eigenvalue weighted by molar-refractivity contribution is 7.99. The van der Waals surface area contributed by atoms with Crippen LogP contribution in [0.1, 0.15) is 52.0 Å². The molecular weight excluding hydrogens is 288 g/mol. The highest BCUT2D eigenvalue weighted by Gasteiger charge is 2.32. The van der Waals surface area contributed by atoms with Crippen molar-refractivity contribution in [3.8, 4) is 0 Å². The summed E-state index contributed by atoms with van der Waals surface area (Å²) >= 11 is 1.38. The molecule has 1 aromatic rings. The summed E-state index contributed by atoms with van der Waals surface area (Å²) < 4.78 is 1.94. The molecule has 0 unspecified atom stereocenters. The topological polar surface area (TPSA) is 80.0 Å². The van der Waals surface area contributed by atoms with Crippen molar-refractivity contribution in [2.75, 3.05) is 12.4 Å². The third kappa shape index (κ3) is 4.20. The second-order valence-electron chi connectivity index (χ2n) is 5.95. The Morgan fingerprint density at radius 3 is 2.81 bits per heavy atom. The molecule has 1 saturated carbocycles. The number of nitrogens with one attached hydrogen (secondary N) is 1. The van der Waals surface area contributed by atoms with Crippen molar-refractivity contribution in [2.24, 2.45) is 0 Å². The first-order valence-electron chi connectivity index (χ1n) is 7.50. The zero-order valence-electron chi connectivity index (χ0n) is 12.7. The zero-order valence-corrected chi connectivity index (χ0v) is 13.5. The Morgan fingerprint density at radius 1 is 1.48 bits per heavy atom. The van der Waals surface area contributed by atoms with Gasteiger partial charge in [0.15, 0.2) is 5.16 Å². The minimum Gasteiger partial charge on any atom is -0.394 e. The first-order valence-corrected chi connectivity index (χ1v) is 8.49. The molecular formula is C14H24N4O2S. The van der Waals surface area contributed by atoms with Gasteiger partial charge in [0, 0.05) is 6.04 Å². The van der Waals surface area contributed by atoms with Crippen molar-refractivity contribution in [1.29, 1.82) is 0 Å². The van der Waals surface area contributed by atoms with Crippen LogP contribution in [0, 0.1) is 0 Å². The molecule has 0 atom stereocenters. The lowest BCUT2D eigenvalue weighted by Crippen LogP contribution is -2.53. The van der Waals surface area contributed by atoms with E-state index in [1.54, 1.807) is 6.33 Å². The Labute approximate surface area is 129 Å². The minimum absolute atomic E-state index is 0.0194. The summed E-state index contributed by atoms with van der Waals surface area (Å²) in [7, 11) is 0. The average molecular weight is 312 g/mol. The molecule has 1 aliphatic rings. The van der Waals surface area contributed by atoms with E-state index >= 15 is 0 Å². The SMILES string of the molecule is CC(C)n1cnnc1SCC(=O)NC1(CO)CCCCC1. The minimum atomic E-state index is -0.415. The number of carbonyl (C=O) groups is 1. The van der Waals surface area contributed by atoms with Crippen LogP contribution in [0.2, 0.25) is 0 Å². The maximum absolute atomic E-state index is 12.2. The van der Waals surface area contributed by atoms with Crippen LogP contribution >= 0.6 is 11.8 Å². The number of nitrogens with zero attached hydrogens (tertiary/aromatic N) is 3. The molecule has 0 bridgehead atoms. The molecule has 1 amide bonds. The molecule has 7 heteroatoms. The molecule has 1 fully saturated rings. The highest BCUT2D eigenvalue weighted by atomic mass is 32.2. The Hall–Kier alpha value is -1.08. The molecule has 0 radical (unpaired) electrons. The van der Waals surface area contributed by atoms with Crippen molar-refractivity contribution < 1.29 is 9.90 Å². The van der Waals surface area contributed by atoms with E-state index in [0.717, 1.165) is 30.8 Å². The van der Waals surface area contributed by atoms with Gasteiger partial charge in [-0.05, 0) is 26.7 Å². The van der Waals surface area contributed by atoms with Crippen molar-refractivity contribution in [3.05, 3.63) is 6.33 Å². The summed E-state index contributed by atoms with van der Waals surface area (Å²) in [5, 5.41) is 21.3. The van der Waals surface area contributed by atoms with E-state index in [4.69, 9.17) is 0 Å². The molecule has 0 saturated heterocycles. The van der Waals surface area contributed by atoms with Gasteiger partial charge in [-0.15, -0.1) is 10.2 Å². The van der Waals surface area contributed by atoms with Crippen molar-refractivity contribution in [1.82, 2.24) is 20.1 Å². The van der Waals surface area contributed by atoms with Crippen molar-refractivity contribution in [3.63, 3.8) is 0 Å². The van der Waals surface area contributed by atoms with Gasteiger partial charge in [-0.2, -0.15) is 0 Å². The van der Waals surface area contributed by atoms with Crippen LogP contribution in [-0.4, -0.2) is 43.7 Å². The molecule has 1 aromatic heterocycles. The summed E-state index contributed by atoms with van der Waals surface area (Å²) in [6.07, 6.45) is 6.72. The number of carbonyl (C=O) groups excluding carboxylic acids is 1. The van der Waals surface area contributed by atoms with Crippen molar-refractivity contribution in [2.45, 2.75) is 62.7 Å². The van der Waals surface area contributed by atoms with Gasteiger partial charge in [0.1, 0.15) is 6.33 Å². The van der Waals surface area contributed by atoms with E-state index in [1.165, 1.54) is 18.2 Å². The molecule has 2 N–H and O–H groups in total. The van der Waals surface area contributed by atoms with Crippen LogP contribution in [0.25, 0.3) is 0 Å². The maximum Gasteiger partial charge on any atom is 0.230 e. The average Bonchev–Trinajstić information content (AvgIpc) is 2.95. The quantitative estimate of drug-likeness (QED) is 0.783. The largest absolute Gasteiger partial charge is 0.394 e. The molecule has 2 rings (SSSR count). The van der Waals surface area contributed by atoms with Crippen LogP contribution < -0.4 is 5.32 Å². The Kier molecular flexibility index (Phi) is 5.64. The van der Waals surface area contributed by atoms with Crippen LogP contribution in [0.3, 0.4) is 0 Å². The highest BCUT2D eigenvalue weighted by Crippen LogP contribution is 2.28. The van der Waals surface area contributed by atoms with Gasteiger partial charge in [-0.25, -0.2) is 0 Å². The van der Waals surface area contributed by atoms with Gasteiger partial charge in [0.25, 0.3) is 0 Å². The van der Waals surface area contributed by atoms with Gasteiger partial charge < -0.3 is 15.0 Å². The third-order valence-electron chi connectivity index (χ3n) is 3.95. The van der Waals surface area contributed by atoms with Crippen molar-refractivity contribution >= 4 is 17.7 Å². The lowest BCUT2D eigenvalue weighted by molar-refractivity contribution is -0.121. The number of hydrogen-bond acceptors (Lipinski definition) is 5. The van der Waals surface area contributed by atoms with E-state index in [2.05, 4.69) is 29.4 Å². The van der Waals surface area contributed by atoms with E-state index in [-0.39, 0.29) is 18.6 Å². The van der Waals surface area contributed by atoms with Gasteiger partial charge in [0.05, 0.1) is 17.9 Å². The Bertz CT molecular complexity index is 469.